The van der Waals surface area contributed by atoms with E-state index in [0.717, 1.165) is 0 Å². The highest BCUT2D eigenvalue weighted by Crippen LogP contribution is 2.35. The molecule has 0 aliphatic rings. The van der Waals surface area contributed by atoms with E-state index in [1.165, 1.54) is 24.3 Å². The monoisotopic (exact) mass is 210 g/mol. The van der Waals surface area contributed by atoms with Gasteiger partial charge in [0.1, 0.15) is 5.82 Å². The molecule has 0 amide bonds. The number of carboxylic acid groups (broad SMARTS) is 1. The quantitative estimate of drug-likeness (QED) is 0.814. The normalized spacial score (nSPS) is 13.6. The number of hydrogen-bond acceptors (Lipinski definition) is 1. The van der Waals surface area contributed by atoms with Crippen LogP contribution in [0.3, 0.4) is 0 Å². The van der Waals surface area contributed by atoms with Crippen LogP contribution in [0.5, 0.6) is 0 Å². The number of rotatable bonds is 2. The van der Waals surface area contributed by atoms with Crippen molar-refractivity contribution in [2.75, 3.05) is 0 Å². The van der Waals surface area contributed by atoms with E-state index in [1.54, 1.807) is 0 Å². The van der Waals surface area contributed by atoms with Crippen molar-refractivity contribution >= 4 is 5.97 Å². The fourth-order valence-electron chi connectivity index (χ4n) is 1.67. The lowest BCUT2D eigenvalue weighted by Crippen LogP contribution is -2.26. The lowest BCUT2D eigenvalue weighted by molar-refractivity contribution is -0.141. The van der Waals surface area contributed by atoms with Crippen molar-refractivity contribution in [3.8, 4) is 0 Å². The molecule has 0 saturated heterocycles. The number of hydrogen-bond donors (Lipinski definition) is 1. The summed E-state index contributed by atoms with van der Waals surface area (Å²) in [6.45, 7) is 5.57. The van der Waals surface area contributed by atoms with Gasteiger partial charge in [-0.05, 0) is 23.1 Å². The molecule has 3 heteroatoms. The Bertz CT molecular complexity index is 349. The SMILES string of the molecule is CC(C)(C)[C@H](C(=O)O)c1ccc(F)cc1. The van der Waals surface area contributed by atoms with Gasteiger partial charge < -0.3 is 5.11 Å². The van der Waals surface area contributed by atoms with Gasteiger partial charge in [-0.25, -0.2) is 4.39 Å². The Morgan fingerprint density at radius 1 is 1.27 bits per heavy atom. The Kier molecular flexibility index (Phi) is 3.12. The molecule has 15 heavy (non-hydrogen) atoms. The van der Waals surface area contributed by atoms with Crippen LogP contribution >= 0.6 is 0 Å². The number of carboxylic acids is 1. The molecule has 0 aliphatic carbocycles. The standard InChI is InChI=1S/C12H15FO2/c1-12(2,3)10(11(14)15)8-4-6-9(13)7-5-8/h4-7,10H,1-3H3,(H,14,15)/t10-/m0/s1. The van der Waals surface area contributed by atoms with Gasteiger partial charge in [-0.3, -0.25) is 4.79 Å². The maximum Gasteiger partial charge on any atom is 0.311 e. The molecule has 0 fully saturated rings. The molecule has 1 N–H and O–H groups in total. The first-order chi connectivity index (χ1) is 6.82. The fraction of sp³-hybridized carbons (Fsp3) is 0.417. The third-order valence-electron chi connectivity index (χ3n) is 2.32. The Morgan fingerprint density at radius 3 is 2.07 bits per heavy atom. The van der Waals surface area contributed by atoms with Gasteiger partial charge in [0.25, 0.3) is 0 Å². The molecular weight excluding hydrogens is 195 g/mol. The van der Waals surface area contributed by atoms with Crippen LogP contribution in [0.25, 0.3) is 0 Å². The van der Waals surface area contributed by atoms with E-state index in [2.05, 4.69) is 0 Å². The second-order valence-corrected chi connectivity index (χ2v) is 4.69. The molecule has 0 heterocycles. The minimum atomic E-state index is -0.880. The third-order valence-corrected chi connectivity index (χ3v) is 2.32. The molecule has 0 saturated carbocycles. The first-order valence-corrected chi connectivity index (χ1v) is 4.80. The Labute approximate surface area is 88.7 Å². The second kappa shape index (κ2) is 4.01. The van der Waals surface area contributed by atoms with Crippen LogP contribution in [0.1, 0.15) is 32.3 Å². The molecule has 0 bridgehead atoms. The van der Waals surface area contributed by atoms with E-state index in [0.29, 0.717) is 5.56 Å². The largest absolute Gasteiger partial charge is 0.481 e. The van der Waals surface area contributed by atoms with Crippen LogP contribution in [0.4, 0.5) is 4.39 Å². The van der Waals surface area contributed by atoms with Gasteiger partial charge in [0, 0.05) is 0 Å². The van der Waals surface area contributed by atoms with Crippen LogP contribution in [0.15, 0.2) is 24.3 Å². The predicted molar refractivity (Wildman–Crippen MR) is 56.2 cm³/mol. The summed E-state index contributed by atoms with van der Waals surface area (Å²) in [4.78, 5) is 11.1. The van der Waals surface area contributed by atoms with Gasteiger partial charge in [-0.1, -0.05) is 32.9 Å². The van der Waals surface area contributed by atoms with Crippen LogP contribution in [0.2, 0.25) is 0 Å². The van der Waals surface area contributed by atoms with Gasteiger partial charge >= 0.3 is 5.97 Å². The number of carbonyl (C=O) groups is 1. The molecule has 0 aliphatic heterocycles. The number of aliphatic carboxylic acids is 1. The summed E-state index contributed by atoms with van der Waals surface area (Å²) in [7, 11) is 0. The van der Waals surface area contributed by atoms with Crippen molar-refractivity contribution in [2.45, 2.75) is 26.7 Å². The minimum Gasteiger partial charge on any atom is -0.481 e. The summed E-state index contributed by atoms with van der Waals surface area (Å²) < 4.78 is 12.7. The van der Waals surface area contributed by atoms with Crippen LogP contribution < -0.4 is 0 Å². The topological polar surface area (TPSA) is 37.3 Å². The molecule has 1 rings (SSSR count). The maximum atomic E-state index is 12.7. The Morgan fingerprint density at radius 2 is 1.73 bits per heavy atom. The summed E-state index contributed by atoms with van der Waals surface area (Å²) >= 11 is 0. The van der Waals surface area contributed by atoms with Crippen molar-refractivity contribution in [1.82, 2.24) is 0 Å². The van der Waals surface area contributed by atoms with Crippen LogP contribution in [-0.2, 0) is 4.79 Å². The molecule has 82 valence electrons. The molecule has 0 aromatic heterocycles. The highest BCUT2D eigenvalue weighted by molar-refractivity contribution is 5.77. The maximum absolute atomic E-state index is 12.7. The van der Waals surface area contributed by atoms with Crippen molar-refractivity contribution in [1.29, 1.82) is 0 Å². The number of benzene rings is 1. The highest BCUT2D eigenvalue weighted by atomic mass is 19.1. The minimum absolute atomic E-state index is 0.350. The summed E-state index contributed by atoms with van der Waals surface area (Å²) in [5.74, 6) is -1.84. The average Bonchev–Trinajstić information content (AvgIpc) is 2.05. The van der Waals surface area contributed by atoms with Gasteiger partial charge in [0.05, 0.1) is 5.92 Å². The summed E-state index contributed by atoms with van der Waals surface area (Å²) in [5.41, 5.74) is 0.250. The van der Waals surface area contributed by atoms with E-state index in [4.69, 9.17) is 5.11 Å². The molecule has 1 aromatic rings. The molecule has 1 aromatic carbocycles. The molecule has 1 atom stereocenters. The van der Waals surface area contributed by atoms with Crippen molar-refractivity contribution in [3.05, 3.63) is 35.6 Å². The first kappa shape index (κ1) is 11.7. The lowest BCUT2D eigenvalue weighted by Gasteiger charge is -2.27. The second-order valence-electron chi connectivity index (χ2n) is 4.69. The van der Waals surface area contributed by atoms with Crippen LogP contribution in [0, 0.1) is 11.2 Å². The fourth-order valence-corrected chi connectivity index (χ4v) is 1.67. The Hall–Kier alpha value is -1.38. The zero-order valence-electron chi connectivity index (χ0n) is 9.12. The van der Waals surface area contributed by atoms with Gasteiger partial charge in [-0.2, -0.15) is 0 Å². The third kappa shape index (κ3) is 2.78. The van der Waals surface area contributed by atoms with Gasteiger partial charge in [0.2, 0.25) is 0 Å². The van der Waals surface area contributed by atoms with Crippen molar-refractivity contribution < 1.29 is 14.3 Å². The van der Waals surface area contributed by atoms with Gasteiger partial charge in [-0.15, -0.1) is 0 Å². The smallest absolute Gasteiger partial charge is 0.311 e. The Balaban J connectivity index is 3.11. The highest BCUT2D eigenvalue weighted by Gasteiger charge is 2.32. The summed E-state index contributed by atoms with van der Waals surface area (Å²) in [6, 6.07) is 5.63. The molecular formula is C12H15FO2. The molecule has 0 radical (unpaired) electrons. The molecule has 2 nitrogen and oxygen atoms in total. The predicted octanol–water partition coefficient (Wildman–Crippen LogP) is 3.04. The van der Waals surface area contributed by atoms with E-state index < -0.39 is 11.9 Å². The zero-order valence-corrected chi connectivity index (χ0v) is 9.12. The van der Waals surface area contributed by atoms with E-state index >= 15 is 0 Å². The lowest BCUT2D eigenvalue weighted by atomic mass is 9.76. The van der Waals surface area contributed by atoms with E-state index in [-0.39, 0.29) is 11.2 Å². The van der Waals surface area contributed by atoms with E-state index in [9.17, 15) is 9.18 Å². The first-order valence-electron chi connectivity index (χ1n) is 4.80. The van der Waals surface area contributed by atoms with Gasteiger partial charge in [0.15, 0.2) is 0 Å². The average molecular weight is 210 g/mol. The van der Waals surface area contributed by atoms with Crippen LogP contribution in [-0.4, -0.2) is 11.1 Å². The number of halogens is 1. The van der Waals surface area contributed by atoms with E-state index in [1.807, 2.05) is 20.8 Å². The molecule has 0 unspecified atom stereocenters. The molecule has 0 spiro atoms. The van der Waals surface area contributed by atoms with Crippen molar-refractivity contribution in [3.63, 3.8) is 0 Å². The van der Waals surface area contributed by atoms with Crippen molar-refractivity contribution in [2.24, 2.45) is 5.41 Å². The zero-order chi connectivity index (χ0) is 11.6. The summed E-state index contributed by atoms with van der Waals surface area (Å²) in [5, 5.41) is 9.14. The summed E-state index contributed by atoms with van der Waals surface area (Å²) in [6.07, 6.45) is 0.